The van der Waals surface area contributed by atoms with Crippen LogP contribution in [-0.4, -0.2) is 40.9 Å². The van der Waals surface area contributed by atoms with Crippen molar-refractivity contribution in [3.8, 4) is 0 Å². The molecule has 0 saturated heterocycles. The Balaban J connectivity index is 1.58. The summed E-state index contributed by atoms with van der Waals surface area (Å²) in [6, 6.07) is 4.94. The normalized spacial score (nSPS) is 34.0. The van der Waals surface area contributed by atoms with Crippen LogP contribution in [0.25, 0.3) is 0 Å². The first kappa shape index (κ1) is 18.7. The fourth-order valence-electron chi connectivity index (χ4n) is 4.89. The van der Waals surface area contributed by atoms with Crippen molar-refractivity contribution in [2.75, 3.05) is 12.4 Å². The largest absolute Gasteiger partial charge is 0.481 e. The van der Waals surface area contributed by atoms with Gasteiger partial charge < -0.3 is 16.2 Å². The number of rotatable bonds is 5. The summed E-state index contributed by atoms with van der Waals surface area (Å²) in [6.07, 6.45) is 3.12. The van der Waals surface area contributed by atoms with Gasteiger partial charge in [0.25, 0.3) is 0 Å². The molecular formula is C20H25FN4O3. The maximum absolute atomic E-state index is 14.7. The van der Waals surface area contributed by atoms with Gasteiger partial charge in [-0.2, -0.15) is 0 Å². The van der Waals surface area contributed by atoms with Gasteiger partial charge in [0, 0.05) is 30.8 Å². The molecule has 0 radical (unpaired) electrons. The summed E-state index contributed by atoms with van der Waals surface area (Å²) in [5.41, 5.74) is 5.30. The monoisotopic (exact) mass is 388 g/mol. The summed E-state index contributed by atoms with van der Waals surface area (Å²) in [5, 5.41) is 12.4. The number of benzene rings is 1. The van der Waals surface area contributed by atoms with Crippen molar-refractivity contribution in [1.82, 2.24) is 4.90 Å². The number of carbonyl (C=O) groups is 2. The third-order valence-corrected chi connectivity index (χ3v) is 6.61. The number of carboxylic acids is 1. The molecule has 4 N–H and O–H groups in total. The molecule has 2 fully saturated rings. The van der Waals surface area contributed by atoms with Crippen molar-refractivity contribution in [2.45, 2.75) is 50.6 Å². The molecule has 28 heavy (non-hydrogen) atoms. The predicted octanol–water partition coefficient (Wildman–Crippen LogP) is 2.27. The number of anilines is 1. The summed E-state index contributed by atoms with van der Waals surface area (Å²) in [4.78, 5) is 29.4. The summed E-state index contributed by atoms with van der Waals surface area (Å²) in [7, 11) is 1.58. The Bertz CT molecular complexity index is 888. The lowest BCUT2D eigenvalue weighted by atomic mass is 9.92. The van der Waals surface area contributed by atoms with Crippen LogP contribution in [0.15, 0.2) is 23.2 Å². The molecule has 150 valence electrons. The highest BCUT2D eigenvalue weighted by Crippen LogP contribution is 2.68. The maximum atomic E-state index is 14.7. The molecule has 1 heterocycles. The second-order valence-electron chi connectivity index (χ2n) is 8.52. The molecule has 0 bridgehead atoms. The number of carboxylic acid groups (broad SMARTS) is 1. The number of halogens is 1. The van der Waals surface area contributed by atoms with Crippen LogP contribution in [0, 0.1) is 17.2 Å². The smallest absolute Gasteiger partial charge is 0.303 e. The zero-order valence-corrected chi connectivity index (χ0v) is 16.0. The van der Waals surface area contributed by atoms with E-state index in [9.17, 15) is 14.0 Å². The molecule has 4 rings (SSSR count). The van der Waals surface area contributed by atoms with Crippen LogP contribution in [0.3, 0.4) is 0 Å². The van der Waals surface area contributed by atoms with Crippen LogP contribution < -0.4 is 11.1 Å². The van der Waals surface area contributed by atoms with Crippen molar-refractivity contribution in [3.05, 3.63) is 29.6 Å². The minimum Gasteiger partial charge on any atom is -0.481 e. The molecule has 1 aliphatic heterocycles. The highest BCUT2D eigenvalue weighted by Gasteiger charge is 2.74. The van der Waals surface area contributed by atoms with Gasteiger partial charge >= 0.3 is 5.97 Å². The average Bonchev–Trinajstić information content (AvgIpc) is 3.02. The Labute approximate surface area is 162 Å². The Kier molecular flexibility index (Phi) is 4.13. The Hall–Kier alpha value is -2.64. The summed E-state index contributed by atoms with van der Waals surface area (Å²) in [6.45, 7) is 1.80. The van der Waals surface area contributed by atoms with Gasteiger partial charge in [0.2, 0.25) is 5.91 Å². The number of nitrogens with zero attached hydrogens (tertiary/aromatic N) is 2. The molecule has 0 spiro atoms. The molecule has 3 unspecified atom stereocenters. The topological polar surface area (TPSA) is 108 Å². The molecule has 0 aromatic heterocycles. The molecule has 1 aromatic carbocycles. The Morgan fingerprint density at radius 3 is 2.93 bits per heavy atom. The van der Waals surface area contributed by atoms with E-state index in [4.69, 9.17) is 10.8 Å². The number of fused-ring (bicyclic) bond motifs is 1. The van der Waals surface area contributed by atoms with Crippen molar-refractivity contribution in [2.24, 2.45) is 22.1 Å². The van der Waals surface area contributed by atoms with Gasteiger partial charge in [0.05, 0.1) is 5.41 Å². The molecule has 3 aliphatic rings. The van der Waals surface area contributed by atoms with E-state index in [0.717, 1.165) is 24.9 Å². The number of carbonyl (C=O) groups excluding carboxylic acids is 1. The van der Waals surface area contributed by atoms with Crippen molar-refractivity contribution >= 4 is 23.5 Å². The highest BCUT2D eigenvalue weighted by molar-refractivity contribution is 6.04. The molecule has 4 atom stereocenters. The summed E-state index contributed by atoms with van der Waals surface area (Å²) in [5.74, 6) is -1.06. The number of nitrogens with two attached hydrogens (primary N) is 1. The first-order chi connectivity index (χ1) is 13.2. The van der Waals surface area contributed by atoms with Gasteiger partial charge in [-0.25, -0.2) is 9.38 Å². The molecule has 2 saturated carbocycles. The second-order valence-corrected chi connectivity index (χ2v) is 8.52. The van der Waals surface area contributed by atoms with Crippen LogP contribution >= 0.6 is 0 Å². The standard InChI is InChI=1S/C20H25FN4O3/c1-19-10-20(19,24-18(22)25(2)17(19)28)14-9-13(5-6-15(14)21)23-12-4-3-11(7-12)8-16(26)27/h5-6,9,11-12,23H,3-4,7-8,10H2,1-2H3,(H2,22,24)(H,26,27)/t11?,12?,19?,20-/m1/s1. The zero-order chi connectivity index (χ0) is 20.3. The molecule has 1 amide bonds. The van der Waals surface area contributed by atoms with E-state index in [1.54, 1.807) is 26.1 Å². The zero-order valence-electron chi connectivity index (χ0n) is 16.0. The van der Waals surface area contributed by atoms with Gasteiger partial charge in [0.1, 0.15) is 11.4 Å². The van der Waals surface area contributed by atoms with E-state index in [2.05, 4.69) is 10.3 Å². The van der Waals surface area contributed by atoms with E-state index < -0.39 is 22.7 Å². The lowest BCUT2D eigenvalue weighted by Crippen LogP contribution is -2.48. The third kappa shape index (κ3) is 2.73. The first-order valence-electron chi connectivity index (χ1n) is 9.58. The lowest BCUT2D eigenvalue weighted by molar-refractivity contribution is -0.138. The van der Waals surface area contributed by atoms with Gasteiger partial charge in [-0.3, -0.25) is 14.5 Å². The number of aliphatic imine (C=N–C) groups is 1. The SMILES string of the molecule is CN1C(=O)C2(C)C[C@]2(c2cc(NC3CCC(CC(=O)O)C3)ccc2F)N=C1N. The summed E-state index contributed by atoms with van der Waals surface area (Å²) >= 11 is 0. The number of hydrogen-bond acceptors (Lipinski definition) is 5. The second kappa shape index (κ2) is 6.18. The number of aliphatic carboxylic acids is 1. The van der Waals surface area contributed by atoms with Crippen LogP contribution in [0.2, 0.25) is 0 Å². The van der Waals surface area contributed by atoms with Crippen molar-refractivity contribution < 1.29 is 19.1 Å². The van der Waals surface area contributed by atoms with E-state index in [1.165, 1.54) is 11.0 Å². The van der Waals surface area contributed by atoms with Crippen LogP contribution in [0.1, 0.15) is 44.6 Å². The molecule has 8 heteroatoms. The average molecular weight is 388 g/mol. The van der Waals surface area contributed by atoms with Crippen LogP contribution in [-0.2, 0) is 15.1 Å². The summed E-state index contributed by atoms with van der Waals surface area (Å²) < 4.78 is 14.7. The number of amides is 1. The molecule has 7 nitrogen and oxygen atoms in total. The van der Waals surface area contributed by atoms with Gasteiger partial charge in [-0.1, -0.05) is 0 Å². The maximum Gasteiger partial charge on any atom is 0.303 e. The minimum absolute atomic E-state index is 0.102. The lowest BCUT2D eigenvalue weighted by Gasteiger charge is -2.30. The van der Waals surface area contributed by atoms with Crippen LogP contribution in [0.4, 0.5) is 10.1 Å². The van der Waals surface area contributed by atoms with E-state index in [-0.39, 0.29) is 30.2 Å². The van der Waals surface area contributed by atoms with E-state index in [1.807, 2.05) is 0 Å². The van der Waals surface area contributed by atoms with E-state index in [0.29, 0.717) is 12.0 Å². The number of guanidine groups is 1. The van der Waals surface area contributed by atoms with Gasteiger partial charge in [0.15, 0.2) is 5.96 Å². The fraction of sp³-hybridized carbons (Fsp3) is 0.550. The molecule has 1 aromatic rings. The first-order valence-corrected chi connectivity index (χ1v) is 9.58. The van der Waals surface area contributed by atoms with Gasteiger partial charge in [-0.15, -0.1) is 0 Å². The molecular weight excluding hydrogens is 363 g/mol. The fourth-order valence-corrected chi connectivity index (χ4v) is 4.89. The van der Waals surface area contributed by atoms with Crippen LogP contribution in [0.5, 0.6) is 0 Å². The van der Waals surface area contributed by atoms with Crippen molar-refractivity contribution in [1.29, 1.82) is 0 Å². The third-order valence-electron chi connectivity index (χ3n) is 6.61. The highest BCUT2D eigenvalue weighted by atomic mass is 19.1. The van der Waals surface area contributed by atoms with E-state index >= 15 is 0 Å². The predicted molar refractivity (Wildman–Crippen MR) is 102 cm³/mol. The minimum atomic E-state index is -0.954. The number of hydrogen-bond donors (Lipinski definition) is 3. The Morgan fingerprint density at radius 1 is 1.46 bits per heavy atom. The molecule has 2 aliphatic carbocycles. The number of nitrogens with one attached hydrogen (secondary N) is 1. The van der Waals surface area contributed by atoms with Gasteiger partial charge in [-0.05, 0) is 56.7 Å². The Morgan fingerprint density at radius 2 is 2.21 bits per heavy atom. The quantitative estimate of drug-likeness (QED) is 0.717. The van der Waals surface area contributed by atoms with Crippen molar-refractivity contribution in [3.63, 3.8) is 0 Å².